The van der Waals surface area contributed by atoms with E-state index < -0.39 is 10.8 Å². The Morgan fingerprint density at radius 3 is 2.74 bits per heavy atom. The first-order valence-electron chi connectivity index (χ1n) is 8.30. The third-order valence-electron chi connectivity index (χ3n) is 4.50. The summed E-state index contributed by atoms with van der Waals surface area (Å²) >= 11 is 7.21. The molecule has 0 aliphatic carbocycles. The molecule has 138 valence electrons. The third kappa shape index (κ3) is 3.31. The van der Waals surface area contributed by atoms with Crippen LogP contribution in [0.2, 0.25) is 5.02 Å². The molecule has 4 rings (SSSR count). The van der Waals surface area contributed by atoms with Gasteiger partial charge in [0.05, 0.1) is 27.4 Å². The number of nitro groups is 1. The Hall–Kier alpha value is -2.78. The second-order valence-corrected chi connectivity index (χ2v) is 7.10. The van der Waals surface area contributed by atoms with Crippen LogP contribution in [0, 0.1) is 10.1 Å². The molecular formula is C17H14ClN5O3S. The molecule has 3 aromatic rings. The van der Waals surface area contributed by atoms with Crippen LogP contribution in [0.5, 0.6) is 0 Å². The van der Waals surface area contributed by atoms with Gasteiger partial charge in [0.15, 0.2) is 0 Å². The molecule has 2 aromatic carbocycles. The largest absolute Gasteiger partial charge is 0.366 e. The van der Waals surface area contributed by atoms with Crippen molar-refractivity contribution in [1.82, 2.24) is 8.75 Å². The molecule has 1 amide bonds. The predicted molar refractivity (Wildman–Crippen MR) is 105 cm³/mol. The fourth-order valence-corrected chi connectivity index (χ4v) is 3.91. The van der Waals surface area contributed by atoms with Crippen LogP contribution >= 0.6 is 23.3 Å². The highest BCUT2D eigenvalue weighted by Crippen LogP contribution is 2.33. The Balaban J connectivity index is 1.67. The van der Waals surface area contributed by atoms with E-state index >= 15 is 0 Å². The molecule has 1 N–H and O–H groups in total. The molecule has 1 aromatic heterocycles. The maximum absolute atomic E-state index is 12.7. The molecule has 0 atom stereocenters. The zero-order valence-electron chi connectivity index (χ0n) is 14.0. The standard InChI is InChI=1S/C17H14ClN5O3S/c18-11-4-5-12-16(21-27-20-12)15(11)19-17(24)10-3-6-13(14(9-10)23(25)26)22-7-1-2-8-22/h3-6,9H,1-2,7-8H2,(H,19,24). The Kier molecular flexibility index (Phi) is 4.63. The number of benzene rings is 2. The minimum atomic E-state index is -0.492. The highest BCUT2D eigenvalue weighted by atomic mass is 35.5. The van der Waals surface area contributed by atoms with Gasteiger partial charge in [0.2, 0.25) is 0 Å². The molecule has 10 heteroatoms. The summed E-state index contributed by atoms with van der Waals surface area (Å²) in [6.07, 6.45) is 2.01. The minimum absolute atomic E-state index is 0.0795. The average Bonchev–Trinajstić information content (AvgIpc) is 3.35. The van der Waals surface area contributed by atoms with Gasteiger partial charge in [-0.25, -0.2) is 0 Å². The molecule has 0 spiro atoms. The Labute approximate surface area is 163 Å². The van der Waals surface area contributed by atoms with Gasteiger partial charge >= 0.3 is 0 Å². The van der Waals surface area contributed by atoms with Gasteiger partial charge in [-0.1, -0.05) is 11.6 Å². The second kappa shape index (κ2) is 7.09. The number of nitrogens with one attached hydrogen (secondary N) is 1. The van der Waals surface area contributed by atoms with Crippen molar-refractivity contribution in [3.05, 3.63) is 51.0 Å². The summed E-state index contributed by atoms with van der Waals surface area (Å²) in [6.45, 7) is 1.56. The lowest BCUT2D eigenvalue weighted by atomic mass is 10.1. The lowest BCUT2D eigenvalue weighted by Gasteiger charge is -2.18. The summed E-state index contributed by atoms with van der Waals surface area (Å²) in [6, 6.07) is 7.86. The van der Waals surface area contributed by atoms with Crippen LogP contribution in [0.25, 0.3) is 11.0 Å². The fraction of sp³-hybridized carbons (Fsp3) is 0.235. The lowest BCUT2D eigenvalue weighted by molar-refractivity contribution is -0.384. The smallest absolute Gasteiger partial charge is 0.293 e. The zero-order valence-corrected chi connectivity index (χ0v) is 15.6. The maximum atomic E-state index is 12.7. The fourth-order valence-electron chi connectivity index (χ4n) is 3.17. The van der Waals surface area contributed by atoms with E-state index in [1.807, 2.05) is 4.90 Å². The summed E-state index contributed by atoms with van der Waals surface area (Å²) < 4.78 is 8.27. The van der Waals surface area contributed by atoms with E-state index in [9.17, 15) is 14.9 Å². The number of nitro benzene ring substituents is 1. The number of amides is 1. The summed E-state index contributed by atoms with van der Waals surface area (Å²) in [7, 11) is 0. The highest BCUT2D eigenvalue weighted by Gasteiger charge is 2.24. The summed E-state index contributed by atoms with van der Waals surface area (Å²) in [4.78, 5) is 25.7. The minimum Gasteiger partial charge on any atom is -0.366 e. The van der Waals surface area contributed by atoms with Gasteiger partial charge in [-0.3, -0.25) is 14.9 Å². The zero-order chi connectivity index (χ0) is 19.0. The lowest BCUT2D eigenvalue weighted by Crippen LogP contribution is -2.20. The van der Waals surface area contributed by atoms with Gasteiger partial charge < -0.3 is 10.2 Å². The van der Waals surface area contributed by atoms with Crippen LogP contribution in [0.4, 0.5) is 17.1 Å². The first kappa shape index (κ1) is 17.6. The van der Waals surface area contributed by atoms with Crippen molar-refractivity contribution in [3.8, 4) is 0 Å². The van der Waals surface area contributed by atoms with Crippen molar-refractivity contribution in [2.24, 2.45) is 0 Å². The van der Waals surface area contributed by atoms with Gasteiger partial charge in [0.25, 0.3) is 11.6 Å². The molecule has 1 saturated heterocycles. The van der Waals surface area contributed by atoms with Crippen molar-refractivity contribution in [2.45, 2.75) is 12.8 Å². The number of aromatic nitrogens is 2. The number of carbonyl (C=O) groups is 1. The van der Waals surface area contributed by atoms with Crippen LogP contribution in [0.3, 0.4) is 0 Å². The Morgan fingerprint density at radius 1 is 1.22 bits per heavy atom. The van der Waals surface area contributed by atoms with Gasteiger partial charge in [-0.05, 0) is 37.1 Å². The molecule has 8 nitrogen and oxygen atoms in total. The Morgan fingerprint density at radius 2 is 2.00 bits per heavy atom. The molecular weight excluding hydrogens is 390 g/mol. The second-order valence-electron chi connectivity index (χ2n) is 6.16. The number of nitrogens with zero attached hydrogens (tertiary/aromatic N) is 4. The van der Waals surface area contributed by atoms with Crippen LogP contribution in [0.1, 0.15) is 23.2 Å². The molecule has 0 unspecified atom stereocenters. The van der Waals surface area contributed by atoms with E-state index in [0.717, 1.165) is 37.7 Å². The van der Waals surface area contributed by atoms with Crippen molar-refractivity contribution >= 4 is 57.3 Å². The van der Waals surface area contributed by atoms with Crippen molar-refractivity contribution in [2.75, 3.05) is 23.3 Å². The van der Waals surface area contributed by atoms with E-state index in [0.29, 0.717) is 27.4 Å². The number of rotatable bonds is 4. The molecule has 27 heavy (non-hydrogen) atoms. The average molecular weight is 404 g/mol. The first-order chi connectivity index (χ1) is 13.0. The normalized spacial score (nSPS) is 13.9. The van der Waals surface area contributed by atoms with Crippen LogP contribution < -0.4 is 10.2 Å². The van der Waals surface area contributed by atoms with Gasteiger partial charge in [0, 0.05) is 24.7 Å². The van der Waals surface area contributed by atoms with Crippen molar-refractivity contribution in [1.29, 1.82) is 0 Å². The number of hydrogen-bond acceptors (Lipinski definition) is 7. The molecule has 2 heterocycles. The monoisotopic (exact) mass is 403 g/mol. The molecule has 1 aliphatic heterocycles. The number of fused-ring (bicyclic) bond motifs is 1. The number of halogens is 1. The van der Waals surface area contributed by atoms with E-state index in [1.165, 1.54) is 6.07 Å². The van der Waals surface area contributed by atoms with Gasteiger partial charge in [0.1, 0.15) is 16.7 Å². The topological polar surface area (TPSA) is 101 Å². The van der Waals surface area contributed by atoms with Crippen molar-refractivity contribution in [3.63, 3.8) is 0 Å². The molecule has 0 bridgehead atoms. The van der Waals surface area contributed by atoms with E-state index in [2.05, 4.69) is 14.1 Å². The van der Waals surface area contributed by atoms with Gasteiger partial charge in [-0.2, -0.15) is 8.75 Å². The maximum Gasteiger partial charge on any atom is 0.293 e. The quantitative estimate of drug-likeness (QED) is 0.519. The summed E-state index contributed by atoms with van der Waals surface area (Å²) in [5, 5.41) is 14.5. The Bertz CT molecular complexity index is 1050. The highest BCUT2D eigenvalue weighted by molar-refractivity contribution is 7.00. The SMILES string of the molecule is O=C(Nc1c(Cl)ccc2nsnc12)c1ccc(N2CCCC2)c([N+](=O)[O-])c1. The predicted octanol–water partition coefficient (Wildman–Crippen LogP) is 4.11. The number of carbonyl (C=O) groups excluding carboxylic acids is 1. The van der Waals surface area contributed by atoms with Crippen LogP contribution in [-0.2, 0) is 0 Å². The van der Waals surface area contributed by atoms with Crippen molar-refractivity contribution < 1.29 is 9.72 Å². The van der Waals surface area contributed by atoms with E-state index in [-0.39, 0.29) is 11.3 Å². The van der Waals surface area contributed by atoms with E-state index in [1.54, 1.807) is 24.3 Å². The van der Waals surface area contributed by atoms with Crippen LogP contribution in [0.15, 0.2) is 30.3 Å². The number of hydrogen-bond donors (Lipinski definition) is 1. The summed E-state index contributed by atoms with van der Waals surface area (Å²) in [5.41, 5.74) is 2.10. The first-order valence-corrected chi connectivity index (χ1v) is 9.41. The molecule has 0 saturated carbocycles. The third-order valence-corrected chi connectivity index (χ3v) is 5.35. The molecule has 0 radical (unpaired) electrons. The summed E-state index contributed by atoms with van der Waals surface area (Å²) in [5.74, 6) is -0.492. The number of anilines is 2. The molecule has 1 fully saturated rings. The van der Waals surface area contributed by atoms with E-state index in [4.69, 9.17) is 11.6 Å². The molecule has 1 aliphatic rings. The van der Waals surface area contributed by atoms with Gasteiger partial charge in [-0.15, -0.1) is 0 Å². The van der Waals surface area contributed by atoms with Crippen LogP contribution in [-0.4, -0.2) is 32.7 Å².